The Bertz CT molecular complexity index is 2020. The van der Waals surface area contributed by atoms with Crippen molar-refractivity contribution in [1.29, 1.82) is 0 Å². The van der Waals surface area contributed by atoms with Crippen LogP contribution in [0, 0.1) is 5.82 Å². The number of amides is 1. The van der Waals surface area contributed by atoms with E-state index in [-0.39, 0.29) is 41.8 Å². The lowest BCUT2D eigenvalue weighted by atomic mass is 9.95. The molecule has 13 heteroatoms. The van der Waals surface area contributed by atoms with E-state index < -0.39 is 17.5 Å². The summed E-state index contributed by atoms with van der Waals surface area (Å²) in [6, 6.07) is 11.2. The number of rotatable bonds is 8. The molecular formula is C38H40ClF2N7O3. The number of alkyl halides is 1. The minimum Gasteiger partial charge on any atom is -0.461 e. The molecule has 51 heavy (non-hydrogen) atoms. The summed E-state index contributed by atoms with van der Waals surface area (Å²) in [5.41, 5.74) is 0.387. The Morgan fingerprint density at radius 3 is 2.75 bits per heavy atom. The van der Waals surface area contributed by atoms with Gasteiger partial charge in [0, 0.05) is 73.9 Å². The fourth-order valence-corrected chi connectivity index (χ4v) is 9.30. The van der Waals surface area contributed by atoms with Gasteiger partial charge >= 0.3 is 6.01 Å². The van der Waals surface area contributed by atoms with Crippen LogP contribution in [-0.2, 0) is 9.53 Å². The van der Waals surface area contributed by atoms with E-state index in [4.69, 9.17) is 26.1 Å². The highest BCUT2D eigenvalue weighted by Gasteiger charge is 2.50. The van der Waals surface area contributed by atoms with Crippen molar-refractivity contribution in [3.05, 3.63) is 65.6 Å². The van der Waals surface area contributed by atoms with E-state index in [0.29, 0.717) is 66.4 Å². The van der Waals surface area contributed by atoms with E-state index in [9.17, 15) is 9.18 Å². The van der Waals surface area contributed by atoms with Crippen LogP contribution in [0.25, 0.3) is 32.9 Å². The summed E-state index contributed by atoms with van der Waals surface area (Å²) in [5, 5.41) is 2.56. The molecule has 7 heterocycles. The third-order valence-electron chi connectivity index (χ3n) is 11.5. The Kier molecular flexibility index (Phi) is 8.53. The number of hydrogen-bond acceptors (Lipinski definition) is 9. The minimum atomic E-state index is -0.902. The van der Waals surface area contributed by atoms with Crippen LogP contribution in [0.4, 0.5) is 14.6 Å². The molecule has 0 saturated carbocycles. The number of nitrogens with zero attached hydrogens (tertiary/aromatic N) is 7. The number of halogens is 3. The van der Waals surface area contributed by atoms with Crippen molar-refractivity contribution >= 4 is 45.0 Å². The van der Waals surface area contributed by atoms with Gasteiger partial charge in [0.05, 0.1) is 36.2 Å². The molecule has 10 nitrogen and oxygen atoms in total. The highest BCUT2D eigenvalue weighted by molar-refractivity contribution is 6.36. The molecule has 0 N–H and O–H groups in total. The Hall–Kier alpha value is -3.97. The number of carbonyl (C=O) groups is 1. The van der Waals surface area contributed by atoms with Crippen molar-refractivity contribution in [1.82, 2.24) is 29.7 Å². The van der Waals surface area contributed by atoms with Gasteiger partial charge in [0.15, 0.2) is 5.82 Å². The maximum Gasteiger partial charge on any atom is 0.319 e. The first-order valence-electron chi connectivity index (χ1n) is 18.0. The van der Waals surface area contributed by atoms with Gasteiger partial charge in [-0.15, -0.1) is 0 Å². The van der Waals surface area contributed by atoms with Crippen LogP contribution in [0.1, 0.15) is 25.7 Å². The summed E-state index contributed by atoms with van der Waals surface area (Å²) in [4.78, 5) is 36.0. The molecule has 2 bridgehead atoms. The zero-order valence-corrected chi connectivity index (χ0v) is 29.1. The zero-order chi connectivity index (χ0) is 34.7. The second-order valence-electron chi connectivity index (χ2n) is 14.5. The fourth-order valence-electron chi connectivity index (χ4n) is 9.01. The molecule has 1 amide bonds. The van der Waals surface area contributed by atoms with Crippen LogP contribution in [0.15, 0.2) is 54.7 Å². The van der Waals surface area contributed by atoms with Crippen LogP contribution in [0.3, 0.4) is 0 Å². The maximum atomic E-state index is 16.9. The zero-order valence-electron chi connectivity index (χ0n) is 28.3. The Morgan fingerprint density at radius 2 is 1.92 bits per heavy atom. The van der Waals surface area contributed by atoms with Gasteiger partial charge in [-0.05, 0) is 37.3 Å². The van der Waals surface area contributed by atoms with Crippen molar-refractivity contribution in [3.8, 4) is 17.3 Å². The standard InChI is InChI=1S/C38H40ClF2N7O3/c39-30-8-2-6-24-5-1-7-28(32(24)30)34-33(41)35-29(19-42-34)36(44-37(43-35)51-23-38-10-4-12-46(38)20-25(40)18-38)48-22-26-17-27(48)21-47(26)31(49)9-3-11-45-13-15-50-16-14-45/h1-3,5-9,19,25-27H,4,10-18,20-23H2/b9-3+/t25-,26-,27-,38+/m1/s1. The van der Waals surface area contributed by atoms with Crippen molar-refractivity contribution in [3.63, 3.8) is 0 Å². The molecule has 4 atom stereocenters. The van der Waals surface area contributed by atoms with Gasteiger partial charge in [-0.25, -0.2) is 8.78 Å². The molecule has 0 unspecified atom stereocenters. The molecule has 5 saturated heterocycles. The number of benzene rings is 2. The van der Waals surface area contributed by atoms with E-state index in [1.807, 2.05) is 41.3 Å². The van der Waals surface area contributed by atoms with Crippen molar-refractivity contribution < 1.29 is 23.0 Å². The Labute approximate surface area is 300 Å². The molecule has 2 aromatic heterocycles. The molecule has 266 valence electrons. The largest absolute Gasteiger partial charge is 0.461 e. The smallest absolute Gasteiger partial charge is 0.319 e. The van der Waals surface area contributed by atoms with Gasteiger partial charge in [0.1, 0.15) is 29.8 Å². The molecular weight excluding hydrogens is 676 g/mol. The van der Waals surface area contributed by atoms with E-state index in [0.717, 1.165) is 50.8 Å². The highest BCUT2D eigenvalue weighted by Crippen LogP contribution is 2.43. The van der Waals surface area contributed by atoms with Crippen LogP contribution in [-0.4, -0.2) is 125 Å². The van der Waals surface area contributed by atoms with Gasteiger partial charge in [-0.3, -0.25) is 19.6 Å². The predicted molar refractivity (Wildman–Crippen MR) is 191 cm³/mol. The van der Waals surface area contributed by atoms with Crippen LogP contribution >= 0.6 is 11.6 Å². The van der Waals surface area contributed by atoms with Crippen LogP contribution < -0.4 is 9.64 Å². The maximum absolute atomic E-state index is 16.9. The third kappa shape index (κ3) is 5.90. The molecule has 0 spiro atoms. The van der Waals surface area contributed by atoms with Crippen LogP contribution in [0.5, 0.6) is 6.01 Å². The van der Waals surface area contributed by atoms with Gasteiger partial charge in [-0.2, -0.15) is 9.97 Å². The third-order valence-corrected chi connectivity index (χ3v) is 11.8. The molecule has 5 aliphatic heterocycles. The summed E-state index contributed by atoms with van der Waals surface area (Å²) in [6.45, 7) is 6.41. The number of ether oxygens (including phenoxy) is 2. The molecule has 5 aliphatic rings. The molecule has 2 aromatic carbocycles. The molecule has 5 fully saturated rings. The van der Waals surface area contributed by atoms with Crippen LogP contribution in [0.2, 0.25) is 5.02 Å². The number of pyridine rings is 1. The summed E-state index contributed by atoms with van der Waals surface area (Å²) in [5.74, 6) is -0.0616. The van der Waals surface area contributed by atoms with E-state index >= 15 is 4.39 Å². The lowest BCUT2D eigenvalue weighted by Gasteiger charge is -2.35. The minimum absolute atomic E-state index is 0.00110. The fraction of sp³-hybridized carbons (Fsp3) is 0.474. The second-order valence-corrected chi connectivity index (χ2v) is 14.9. The van der Waals surface area contributed by atoms with E-state index in [2.05, 4.69) is 24.7 Å². The molecule has 0 radical (unpaired) electrons. The van der Waals surface area contributed by atoms with Crippen molar-refractivity contribution in [2.24, 2.45) is 0 Å². The number of piperazine rings is 1. The number of hydrogen-bond donors (Lipinski definition) is 0. The van der Waals surface area contributed by atoms with E-state index in [1.54, 1.807) is 18.3 Å². The number of aromatic nitrogens is 3. The molecule has 4 aromatic rings. The quantitative estimate of drug-likeness (QED) is 0.227. The Balaban J connectivity index is 1.04. The van der Waals surface area contributed by atoms with E-state index in [1.165, 1.54) is 0 Å². The van der Waals surface area contributed by atoms with Crippen molar-refractivity contribution in [2.45, 2.75) is 49.5 Å². The Morgan fingerprint density at radius 1 is 1.08 bits per heavy atom. The number of likely N-dealkylation sites (tertiary alicyclic amines) is 1. The first-order valence-corrected chi connectivity index (χ1v) is 18.3. The van der Waals surface area contributed by atoms with Gasteiger partial charge in [0.25, 0.3) is 0 Å². The molecule has 9 rings (SSSR count). The summed E-state index contributed by atoms with van der Waals surface area (Å²) in [6.07, 6.45) is 7.35. The normalized spacial score (nSPS) is 26.7. The van der Waals surface area contributed by atoms with Gasteiger partial charge < -0.3 is 19.3 Å². The average Bonchev–Trinajstić information content (AvgIpc) is 3.92. The summed E-state index contributed by atoms with van der Waals surface area (Å²) >= 11 is 6.64. The SMILES string of the molecule is O=C(/C=C/CN1CCOCC1)N1C[C@H]2C[C@@H]1CN2c1nc(OC[C@@]23CCCN2C[C@H](F)C3)nc2c(F)c(-c3cccc4cccc(Cl)c34)ncc12. The number of fused-ring (bicyclic) bond motifs is 5. The second kappa shape index (κ2) is 13.2. The monoisotopic (exact) mass is 715 g/mol. The summed E-state index contributed by atoms with van der Waals surface area (Å²) < 4.78 is 43.2. The lowest BCUT2D eigenvalue weighted by Crippen LogP contribution is -2.48. The summed E-state index contributed by atoms with van der Waals surface area (Å²) in [7, 11) is 0. The number of anilines is 1. The van der Waals surface area contributed by atoms with Gasteiger partial charge in [0.2, 0.25) is 5.91 Å². The number of carbonyl (C=O) groups excluding carboxylic acids is 1. The first-order chi connectivity index (χ1) is 24.9. The first kappa shape index (κ1) is 32.9. The number of morpholine rings is 1. The topological polar surface area (TPSA) is 87.2 Å². The average molecular weight is 716 g/mol. The van der Waals surface area contributed by atoms with Crippen molar-refractivity contribution in [2.75, 3.05) is 70.5 Å². The highest BCUT2D eigenvalue weighted by atomic mass is 35.5. The molecule has 0 aliphatic carbocycles. The predicted octanol–water partition coefficient (Wildman–Crippen LogP) is 5.27. The lowest BCUT2D eigenvalue weighted by molar-refractivity contribution is -0.127. The van der Waals surface area contributed by atoms with Gasteiger partial charge in [-0.1, -0.05) is 48.0 Å².